The summed E-state index contributed by atoms with van der Waals surface area (Å²) in [5, 5.41) is 13.9. The first-order valence-corrected chi connectivity index (χ1v) is 31.2. The Morgan fingerprint density at radius 2 is 0.809 bits per heavy atom. The first kappa shape index (κ1) is 67.0. The summed E-state index contributed by atoms with van der Waals surface area (Å²) in [6, 6.07) is -0.883. The number of aliphatic hydroxyl groups is 1. The third-order valence-electron chi connectivity index (χ3n) is 13.7. The van der Waals surface area contributed by atoms with Crippen molar-refractivity contribution in [2.45, 2.75) is 309 Å². The first-order valence-electron chi connectivity index (χ1n) is 29.7. The van der Waals surface area contributed by atoms with E-state index >= 15 is 0 Å². The molecule has 2 N–H and O–H groups in total. The van der Waals surface area contributed by atoms with Crippen molar-refractivity contribution in [3.8, 4) is 0 Å². The molecule has 3 unspecified atom stereocenters. The Morgan fingerprint density at radius 3 is 1.15 bits per heavy atom. The summed E-state index contributed by atoms with van der Waals surface area (Å²) >= 11 is 0. The number of hydrogen-bond acceptors (Lipinski definition) is 6. The van der Waals surface area contributed by atoms with E-state index in [1.807, 2.05) is 27.2 Å². The van der Waals surface area contributed by atoms with Crippen LogP contribution < -0.4 is 10.2 Å². The van der Waals surface area contributed by atoms with Crippen LogP contribution in [0.5, 0.6) is 0 Å². The topological polar surface area (TPSA) is 108 Å². The highest BCUT2D eigenvalue weighted by Crippen LogP contribution is 2.38. The highest BCUT2D eigenvalue weighted by Gasteiger charge is 2.23. The molecule has 0 radical (unpaired) electrons. The maximum atomic E-state index is 13.0. The van der Waals surface area contributed by atoms with Gasteiger partial charge in [-0.05, 0) is 44.9 Å². The van der Waals surface area contributed by atoms with Gasteiger partial charge >= 0.3 is 0 Å². The SMILES string of the molecule is CCCCCCCCCC/C=C\CCCCCCCCCCCCCCCCCCCCCC(=O)NC(COP(=O)([O-])OCC[N+](C)(C)C)C(O)/C=C/CCCCCCCCCCCCCCC. The molecule has 68 heavy (non-hydrogen) atoms. The second kappa shape index (κ2) is 50.9. The second-order valence-corrected chi connectivity index (χ2v) is 23.1. The number of nitrogens with one attached hydrogen (secondary N) is 1. The summed E-state index contributed by atoms with van der Waals surface area (Å²) in [5.74, 6) is -0.192. The van der Waals surface area contributed by atoms with E-state index in [1.54, 1.807) is 6.08 Å². The number of aliphatic hydroxyl groups excluding tert-OH is 1. The molecule has 404 valence electrons. The van der Waals surface area contributed by atoms with E-state index in [0.717, 1.165) is 38.5 Å². The number of carbonyl (C=O) groups is 1. The summed E-state index contributed by atoms with van der Waals surface area (Å²) in [5.41, 5.74) is 0. The smallest absolute Gasteiger partial charge is 0.268 e. The predicted molar refractivity (Wildman–Crippen MR) is 293 cm³/mol. The van der Waals surface area contributed by atoms with Crippen molar-refractivity contribution in [1.82, 2.24) is 5.32 Å². The summed E-state index contributed by atoms with van der Waals surface area (Å²) in [7, 11) is 1.27. The molecule has 0 saturated carbocycles. The molecule has 0 aliphatic carbocycles. The van der Waals surface area contributed by atoms with Gasteiger partial charge in [0.2, 0.25) is 5.91 Å². The molecule has 8 nitrogen and oxygen atoms in total. The largest absolute Gasteiger partial charge is 0.756 e. The Kier molecular flexibility index (Phi) is 50.1. The van der Waals surface area contributed by atoms with E-state index in [4.69, 9.17) is 9.05 Å². The lowest BCUT2D eigenvalue weighted by atomic mass is 10.0. The molecule has 0 fully saturated rings. The Labute approximate surface area is 424 Å². The third-order valence-corrected chi connectivity index (χ3v) is 14.6. The second-order valence-electron chi connectivity index (χ2n) is 21.7. The molecule has 0 bridgehead atoms. The van der Waals surface area contributed by atoms with Gasteiger partial charge in [0, 0.05) is 6.42 Å². The molecule has 0 aliphatic heterocycles. The molecule has 0 saturated heterocycles. The number of unbranched alkanes of at least 4 members (excludes halogenated alkanes) is 40. The van der Waals surface area contributed by atoms with Crippen LogP contribution in [0.2, 0.25) is 0 Å². The predicted octanol–water partition coefficient (Wildman–Crippen LogP) is 17.4. The minimum absolute atomic E-state index is 0.00149. The zero-order valence-corrected chi connectivity index (χ0v) is 47.0. The average Bonchev–Trinajstić information content (AvgIpc) is 3.30. The molecule has 0 heterocycles. The first-order chi connectivity index (χ1) is 33.0. The summed E-state index contributed by atoms with van der Waals surface area (Å²) in [6.45, 7) is 4.68. The number of quaternary nitrogens is 1. The minimum Gasteiger partial charge on any atom is -0.756 e. The van der Waals surface area contributed by atoms with Gasteiger partial charge in [-0.2, -0.15) is 0 Å². The molecule has 0 rings (SSSR count). The number of nitrogens with zero attached hydrogens (tertiary/aromatic N) is 1. The van der Waals surface area contributed by atoms with E-state index in [2.05, 4.69) is 31.3 Å². The Morgan fingerprint density at radius 1 is 0.500 bits per heavy atom. The molecular formula is C59H117N2O6P. The van der Waals surface area contributed by atoms with Crippen LogP contribution >= 0.6 is 7.82 Å². The van der Waals surface area contributed by atoms with Gasteiger partial charge < -0.3 is 28.8 Å². The minimum atomic E-state index is -4.59. The monoisotopic (exact) mass is 981 g/mol. The van der Waals surface area contributed by atoms with Gasteiger partial charge in [-0.3, -0.25) is 9.36 Å². The number of rotatable bonds is 55. The van der Waals surface area contributed by atoms with Gasteiger partial charge in [-0.25, -0.2) is 0 Å². The molecule has 3 atom stereocenters. The maximum Gasteiger partial charge on any atom is 0.268 e. The molecular weight excluding hydrogens is 864 g/mol. The van der Waals surface area contributed by atoms with Crippen molar-refractivity contribution in [1.29, 1.82) is 0 Å². The number of carbonyl (C=O) groups excluding carboxylic acids is 1. The summed E-state index contributed by atoms with van der Waals surface area (Å²) in [6.07, 6.45) is 64.1. The molecule has 9 heteroatoms. The molecule has 0 aromatic carbocycles. The van der Waals surface area contributed by atoms with E-state index < -0.39 is 20.0 Å². The van der Waals surface area contributed by atoms with E-state index in [9.17, 15) is 19.4 Å². The lowest BCUT2D eigenvalue weighted by Gasteiger charge is -2.29. The van der Waals surface area contributed by atoms with E-state index in [1.165, 1.54) is 238 Å². The lowest BCUT2D eigenvalue weighted by Crippen LogP contribution is -2.45. The molecule has 0 aromatic rings. The van der Waals surface area contributed by atoms with E-state index in [0.29, 0.717) is 17.4 Å². The van der Waals surface area contributed by atoms with Crippen LogP contribution in [-0.2, 0) is 18.4 Å². The van der Waals surface area contributed by atoms with E-state index in [-0.39, 0.29) is 19.1 Å². The molecule has 0 spiro atoms. The van der Waals surface area contributed by atoms with Gasteiger partial charge in [-0.15, -0.1) is 0 Å². The molecule has 0 aliphatic rings. The highest BCUT2D eigenvalue weighted by molar-refractivity contribution is 7.45. The Hall–Kier alpha value is -1.02. The number of hydrogen-bond donors (Lipinski definition) is 2. The standard InChI is InChI=1S/C59H117N2O6P/c1-6-8-10-12-14-16-18-20-22-23-24-25-26-27-28-29-30-31-32-33-34-35-36-37-39-41-43-45-47-49-51-53-59(63)60-57(56-67-68(64,65)66-55-54-61(3,4)5)58(62)52-50-48-46-44-42-40-38-21-19-17-15-13-11-9-7-2/h23-24,50,52,57-58,62H,6-22,25-49,51,53-56H2,1-5H3,(H-,60,63,64,65)/b24-23-,52-50+. The Balaban J connectivity index is 4.03. The molecule has 1 amide bonds. The number of allylic oxidation sites excluding steroid dienone is 3. The van der Waals surface area contributed by atoms with Crippen LogP contribution in [0.25, 0.3) is 0 Å². The van der Waals surface area contributed by atoms with Gasteiger partial charge in [0.1, 0.15) is 13.2 Å². The Bertz CT molecular complexity index is 1160. The third kappa shape index (κ3) is 52.8. The number of amides is 1. The normalized spacial score (nSPS) is 14.0. The van der Waals surface area contributed by atoms with Crippen molar-refractivity contribution < 1.29 is 32.9 Å². The lowest BCUT2D eigenvalue weighted by molar-refractivity contribution is -0.870. The van der Waals surface area contributed by atoms with Crippen LogP contribution in [0.3, 0.4) is 0 Å². The average molecular weight is 982 g/mol. The number of phosphoric ester groups is 1. The van der Waals surface area contributed by atoms with Crippen LogP contribution in [-0.4, -0.2) is 68.5 Å². The summed E-state index contributed by atoms with van der Waals surface area (Å²) in [4.78, 5) is 25.5. The zero-order chi connectivity index (χ0) is 49.9. The fourth-order valence-electron chi connectivity index (χ4n) is 8.97. The van der Waals surface area contributed by atoms with Crippen molar-refractivity contribution in [3.05, 3.63) is 24.3 Å². The zero-order valence-electron chi connectivity index (χ0n) is 46.1. The summed E-state index contributed by atoms with van der Waals surface area (Å²) < 4.78 is 23.3. The van der Waals surface area contributed by atoms with Crippen LogP contribution in [0.4, 0.5) is 0 Å². The maximum absolute atomic E-state index is 13.0. The van der Waals surface area contributed by atoms with Crippen molar-refractivity contribution in [2.24, 2.45) is 0 Å². The quantitative estimate of drug-likeness (QED) is 0.0272. The van der Waals surface area contributed by atoms with Gasteiger partial charge in [0.05, 0.1) is 39.9 Å². The number of phosphoric acid groups is 1. The van der Waals surface area contributed by atoms with Crippen molar-refractivity contribution in [3.63, 3.8) is 0 Å². The fraction of sp³-hybridized carbons (Fsp3) is 0.915. The molecule has 0 aromatic heterocycles. The van der Waals surface area contributed by atoms with Gasteiger partial charge in [0.25, 0.3) is 7.82 Å². The van der Waals surface area contributed by atoms with Crippen molar-refractivity contribution in [2.75, 3.05) is 40.9 Å². The fourth-order valence-corrected chi connectivity index (χ4v) is 9.70. The van der Waals surface area contributed by atoms with Crippen LogP contribution in [0.15, 0.2) is 24.3 Å². The highest BCUT2D eigenvalue weighted by atomic mass is 31.2. The van der Waals surface area contributed by atoms with Crippen LogP contribution in [0.1, 0.15) is 296 Å². The van der Waals surface area contributed by atoms with Gasteiger partial charge in [-0.1, -0.05) is 269 Å². The van der Waals surface area contributed by atoms with Crippen LogP contribution in [0, 0.1) is 0 Å². The number of likely N-dealkylation sites (N-methyl/N-ethyl adjacent to an activating group) is 1. The van der Waals surface area contributed by atoms with Gasteiger partial charge in [0.15, 0.2) is 0 Å². The van der Waals surface area contributed by atoms with Crippen molar-refractivity contribution >= 4 is 13.7 Å².